The van der Waals surface area contributed by atoms with Crippen molar-refractivity contribution in [3.8, 4) is 5.75 Å². The fraction of sp³-hybridized carbons (Fsp3) is 0.500. The second-order valence-corrected chi connectivity index (χ2v) is 7.47. The number of halogens is 4. The van der Waals surface area contributed by atoms with E-state index in [2.05, 4.69) is 15.4 Å². The molecule has 1 aromatic rings. The number of rotatable bonds is 5. The first-order chi connectivity index (χ1) is 13.6. The molecule has 0 unspecified atom stereocenters. The largest absolute Gasteiger partial charge is 0.483 e. The molecule has 1 saturated carbocycles. The number of carbonyl (C=O) groups is 3. The number of anilines is 1. The maximum absolute atomic E-state index is 12.7. The quantitative estimate of drug-likeness (QED) is 0.696. The molecule has 1 aliphatic carbocycles. The fourth-order valence-corrected chi connectivity index (χ4v) is 3.75. The van der Waals surface area contributed by atoms with Crippen LogP contribution in [0.1, 0.15) is 32.1 Å². The number of ether oxygens (including phenoxy) is 1. The van der Waals surface area contributed by atoms with E-state index in [1.54, 1.807) is 0 Å². The first-order valence-corrected chi connectivity index (χ1v) is 9.40. The lowest BCUT2D eigenvalue weighted by Gasteiger charge is -2.30. The monoisotopic (exact) mass is 433 g/mol. The highest BCUT2D eigenvalue weighted by Gasteiger charge is 2.51. The van der Waals surface area contributed by atoms with Crippen molar-refractivity contribution in [2.45, 2.75) is 43.8 Å². The number of hydrogen-bond acceptors (Lipinski definition) is 4. The Morgan fingerprint density at radius 2 is 1.93 bits per heavy atom. The number of hydrogen-bond donors (Lipinski definition) is 2. The number of amides is 4. The van der Waals surface area contributed by atoms with Crippen LogP contribution in [0.5, 0.6) is 5.75 Å². The van der Waals surface area contributed by atoms with Gasteiger partial charge in [-0.2, -0.15) is 13.2 Å². The van der Waals surface area contributed by atoms with Crippen molar-refractivity contribution in [2.75, 3.05) is 18.5 Å². The van der Waals surface area contributed by atoms with Crippen LogP contribution in [0.25, 0.3) is 0 Å². The summed E-state index contributed by atoms with van der Waals surface area (Å²) in [4.78, 5) is 38.0. The molecule has 1 spiro atoms. The molecule has 2 aliphatic rings. The van der Waals surface area contributed by atoms with Crippen LogP contribution in [0.3, 0.4) is 0 Å². The van der Waals surface area contributed by atoms with Crippen LogP contribution in [0, 0.1) is 0 Å². The molecule has 0 radical (unpaired) electrons. The van der Waals surface area contributed by atoms with Crippen LogP contribution in [0.15, 0.2) is 18.2 Å². The minimum atomic E-state index is -4.51. The second kappa shape index (κ2) is 8.10. The van der Waals surface area contributed by atoms with Crippen LogP contribution >= 0.6 is 11.6 Å². The van der Waals surface area contributed by atoms with Gasteiger partial charge in [-0.15, -0.1) is 0 Å². The topological polar surface area (TPSA) is 87.7 Å². The minimum Gasteiger partial charge on any atom is -0.483 e. The molecular formula is C18H19ClF3N3O4. The standard InChI is InChI=1S/C18H19ClF3N3O4/c19-12-8-11(4-5-13(12)29-10-18(20,21)22)23-14(26)9-25-15(27)17(24-16(25)28)6-2-1-3-7-17/h4-5,8H,1-3,6-7,9-10H2,(H,23,26)(H,24,28). The first-order valence-electron chi connectivity index (χ1n) is 9.03. The molecule has 1 aliphatic heterocycles. The Balaban J connectivity index is 1.60. The zero-order chi connectivity index (χ0) is 21.2. The molecule has 0 bridgehead atoms. The van der Waals surface area contributed by atoms with Crippen LogP contribution in [-0.4, -0.2) is 47.6 Å². The van der Waals surface area contributed by atoms with E-state index in [4.69, 9.17) is 11.6 Å². The molecule has 1 aromatic carbocycles. The third-order valence-corrected chi connectivity index (χ3v) is 5.16. The van der Waals surface area contributed by atoms with Crippen molar-refractivity contribution in [3.05, 3.63) is 23.2 Å². The number of nitrogens with one attached hydrogen (secondary N) is 2. The molecular weight excluding hydrogens is 415 g/mol. The third-order valence-electron chi connectivity index (χ3n) is 4.86. The van der Waals surface area contributed by atoms with Gasteiger partial charge in [-0.25, -0.2) is 4.79 Å². The summed E-state index contributed by atoms with van der Waals surface area (Å²) in [6, 6.07) is 3.11. The lowest BCUT2D eigenvalue weighted by molar-refractivity contribution is -0.153. The van der Waals surface area contributed by atoms with Gasteiger partial charge < -0.3 is 15.4 Å². The number of benzene rings is 1. The summed E-state index contributed by atoms with van der Waals surface area (Å²) < 4.78 is 41.3. The Morgan fingerprint density at radius 1 is 1.24 bits per heavy atom. The molecule has 11 heteroatoms. The highest BCUT2D eigenvalue weighted by atomic mass is 35.5. The summed E-state index contributed by atoms with van der Waals surface area (Å²) in [5, 5.41) is 5.05. The number of alkyl halides is 3. The summed E-state index contributed by atoms with van der Waals surface area (Å²) in [6.07, 6.45) is -0.764. The van der Waals surface area contributed by atoms with E-state index in [1.165, 1.54) is 18.2 Å². The van der Waals surface area contributed by atoms with Crippen molar-refractivity contribution < 1.29 is 32.3 Å². The van der Waals surface area contributed by atoms with E-state index in [9.17, 15) is 27.6 Å². The van der Waals surface area contributed by atoms with Crippen molar-refractivity contribution in [1.82, 2.24) is 10.2 Å². The van der Waals surface area contributed by atoms with Gasteiger partial charge in [0.2, 0.25) is 5.91 Å². The van der Waals surface area contributed by atoms with Crippen LogP contribution in [0.4, 0.5) is 23.7 Å². The van der Waals surface area contributed by atoms with Gasteiger partial charge >= 0.3 is 12.2 Å². The van der Waals surface area contributed by atoms with Gasteiger partial charge in [0.05, 0.1) is 5.02 Å². The average Bonchev–Trinajstić information content (AvgIpc) is 2.85. The van der Waals surface area contributed by atoms with E-state index in [1.807, 2.05) is 0 Å². The molecule has 7 nitrogen and oxygen atoms in total. The molecule has 4 amide bonds. The molecule has 29 heavy (non-hydrogen) atoms. The van der Waals surface area contributed by atoms with Crippen molar-refractivity contribution in [3.63, 3.8) is 0 Å². The molecule has 1 saturated heterocycles. The Labute approximate surface area is 169 Å². The zero-order valence-electron chi connectivity index (χ0n) is 15.3. The highest BCUT2D eigenvalue weighted by molar-refractivity contribution is 6.32. The summed E-state index contributed by atoms with van der Waals surface area (Å²) in [7, 11) is 0. The Bertz CT molecular complexity index is 825. The molecule has 2 N–H and O–H groups in total. The van der Waals surface area contributed by atoms with E-state index < -0.39 is 42.7 Å². The maximum atomic E-state index is 12.7. The predicted molar refractivity (Wildman–Crippen MR) is 97.7 cm³/mol. The van der Waals surface area contributed by atoms with Gasteiger partial charge in [-0.05, 0) is 31.0 Å². The van der Waals surface area contributed by atoms with E-state index >= 15 is 0 Å². The lowest BCUT2D eigenvalue weighted by Crippen LogP contribution is -2.48. The summed E-state index contributed by atoms with van der Waals surface area (Å²) >= 11 is 5.88. The molecule has 0 atom stereocenters. The van der Waals surface area contributed by atoms with E-state index in [-0.39, 0.29) is 16.5 Å². The lowest BCUT2D eigenvalue weighted by atomic mass is 9.82. The van der Waals surface area contributed by atoms with Crippen LogP contribution < -0.4 is 15.4 Å². The number of carbonyl (C=O) groups excluding carboxylic acids is 3. The Morgan fingerprint density at radius 3 is 2.55 bits per heavy atom. The Kier molecular flexibility index (Phi) is 5.92. The van der Waals surface area contributed by atoms with E-state index in [0.717, 1.165) is 24.2 Å². The van der Waals surface area contributed by atoms with Crippen molar-refractivity contribution >= 4 is 35.1 Å². The molecule has 0 aromatic heterocycles. The third kappa shape index (κ3) is 4.92. The smallest absolute Gasteiger partial charge is 0.422 e. The maximum Gasteiger partial charge on any atom is 0.422 e. The number of nitrogens with zero attached hydrogens (tertiary/aromatic N) is 1. The molecule has 1 heterocycles. The zero-order valence-corrected chi connectivity index (χ0v) is 16.0. The average molecular weight is 434 g/mol. The summed E-state index contributed by atoms with van der Waals surface area (Å²) in [5.41, 5.74) is -0.727. The SMILES string of the molecule is O=C(CN1C(=O)NC2(CCCCC2)C1=O)Nc1ccc(OCC(F)(F)F)c(Cl)c1. The summed E-state index contributed by atoms with van der Waals surface area (Å²) in [5.74, 6) is -1.23. The van der Waals surface area contributed by atoms with Gasteiger partial charge in [0.25, 0.3) is 5.91 Å². The predicted octanol–water partition coefficient (Wildman–Crippen LogP) is 3.47. The van der Waals surface area contributed by atoms with Crippen molar-refractivity contribution in [2.24, 2.45) is 0 Å². The fourth-order valence-electron chi connectivity index (χ4n) is 3.51. The van der Waals surface area contributed by atoms with Gasteiger partial charge in [0.15, 0.2) is 6.61 Å². The minimum absolute atomic E-state index is 0.122. The number of urea groups is 1. The van der Waals surface area contributed by atoms with Crippen molar-refractivity contribution in [1.29, 1.82) is 0 Å². The molecule has 158 valence electrons. The Hall–Kier alpha value is -2.49. The van der Waals surface area contributed by atoms with Gasteiger partial charge in [0.1, 0.15) is 17.8 Å². The highest BCUT2D eigenvalue weighted by Crippen LogP contribution is 2.34. The van der Waals surface area contributed by atoms with E-state index in [0.29, 0.717) is 12.8 Å². The van der Waals surface area contributed by atoms with Crippen LogP contribution in [-0.2, 0) is 9.59 Å². The second-order valence-electron chi connectivity index (χ2n) is 7.06. The molecule has 2 fully saturated rings. The summed E-state index contributed by atoms with van der Waals surface area (Å²) in [6.45, 7) is -1.97. The van der Waals surface area contributed by atoms with Gasteiger partial charge in [0, 0.05) is 5.69 Å². The van der Waals surface area contributed by atoms with Gasteiger partial charge in [-0.3, -0.25) is 14.5 Å². The van der Waals surface area contributed by atoms with Gasteiger partial charge in [-0.1, -0.05) is 30.9 Å². The normalized spacial score (nSPS) is 18.7. The number of imide groups is 1. The molecule has 3 rings (SSSR count). The van der Waals surface area contributed by atoms with Crippen LogP contribution in [0.2, 0.25) is 5.02 Å². The first kappa shape index (κ1) is 21.2.